The summed E-state index contributed by atoms with van der Waals surface area (Å²) in [6.07, 6.45) is -13.8. The summed E-state index contributed by atoms with van der Waals surface area (Å²) >= 11 is 0. The molecule has 1 aliphatic heterocycles. The molecule has 136 valence electrons. The van der Waals surface area contributed by atoms with Gasteiger partial charge in [-0.2, -0.15) is 0 Å². The Morgan fingerprint density at radius 3 is 2.13 bits per heavy atom. The minimum absolute atomic E-state index is 0.726. The summed E-state index contributed by atoms with van der Waals surface area (Å²) in [5.41, 5.74) is 0. The molecule has 11 nitrogen and oxygen atoms in total. The monoisotopic (exact) mass is 342 g/mol. The molecule has 11 heteroatoms. The Hall–Kier alpha value is -0.730. The minimum atomic E-state index is -2.05. The third-order valence-corrected chi connectivity index (χ3v) is 3.50. The largest absolute Gasteiger partial charge is 0.394 e. The molecule has 0 aromatic carbocycles. The van der Waals surface area contributed by atoms with Crippen molar-refractivity contribution in [1.82, 2.24) is 0 Å². The lowest BCUT2D eigenvalue weighted by molar-refractivity contribution is -0.323. The summed E-state index contributed by atoms with van der Waals surface area (Å²) in [6.45, 7) is -2.71. The standard InChI is InChI=1S/C12H22O11/c13-1-4(16)7(18)11(5(17)2-14)23-12-10(21)9(20)8(19)6(3-15)22-12/h5-15,17-21H,1-3H2/t5-,6-,7-,8-,9+,10-,11-,12+/m0/s1. The molecule has 8 atom stereocenters. The van der Waals surface area contributed by atoms with E-state index in [9.17, 15) is 30.3 Å². The Morgan fingerprint density at radius 2 is 1.65 bits per heavy atom. The van der Waals surface area contributed by atoms with Gasteiger partial charge in [-0.1, -0.05) is 0 Å². The average molecular weight is 342 g/mol. The molecule has 1 saturated heterocycles. The van der Waals surface area contributed by atoms with E-state index in [2.05, 4.69) is 0 Å². The first kappa shape index (κ1) is 20.3. The maximum absolute atomic E-state index is 11.3. The zero-order valence-corrected chi connectivity index (χ0v) is 12.0. The van der Waals surface area contributed by atoms with Crippen LogP contribution in [0, 0.1) is 0 Å². The normalized spacial score (nSPS) is 35.6. The number of Topliss-reactive ketones (excluding diaryl/α,β-unsaturated/α-hetero) is 1. The lowest BCUT2D eigenvalue weighted by Gasteiger charge is -2.41. The van der Waals surface area contributed by atoms with E-state index in [1.54, 1.807) is 0 Å². The summed E-state index contributed by atoms with van der Waals surface area (Å²) in [4.78, 5) is 11.3. The Bertz CT molecular complexity index is 376. The van der Waals surface area contributed by atoms with E-state index >= 15 is 0 Å². The molecule has 0 bridgehead atoms. The fraction of sp³-hybridized carbons (Fsp3) is 0.917. The van der Waals surface area contributed by atoms with Crippen molar-refractivity contribution in [1.29, 1.82) is 0 Å². The van der Waals surface area contributed by atoms with Gasteiger partial charge in [0.25, 0.3) is 0 Å². The third kappa shape index (κ3) is 4.64. The summed E-state index contributed by atoms with van der Waals surface area (Å²) in [6, 6.07) is 0. The van der Waals surface area contributed by atoms with E-state index in [1.165, 1.54) is 0 Å². The predicted molar refractivity (Wildman–Crippen MR) is 69.8 cm³/mol. The van der Waals surface area contributed by atoms with Gasteiger partial charge < -0.3 is 50.3 Å². The van der Waals surface area contributed by atoms with E-state index in [1.807, 2.05) is 0 Å². The van der Waals surface area contributed by atoms with Crippen molar-refractivity contribution < 1.29 is 55.1 Å². The first-order chi connectivity index (χ1) is 10.8. The number of carbonyl (C=O) groups excluding carboxylic acids is 1. The highest BCUT2D eigenvalue weighted by molar-refractivity contribution is 5.84. The molecule has 0 spiro atoms. The van der Waals surface area contributed by atoms with Crippen LogP contribution in [0.15, 0.2) is 0 Å². The second-order valence-electron chi connectivity index (χ2n) is 5.12. The molecular weight excluding hydrogens is 320 g/mol. The van der Waals surface area contributed by atoms with Crippen molar-refractivity contribution >= 4 is 5.78 Å². The fourth-order valence-electron chi connectivity index (χ4n) is 2.09. The Labute approximate surface area is 130 Å². The lowest BCUT2D eigenvalue weighted by atomic mass is 9.98. The smallest absolute Gasteiger partial charge is 0.189 e. The predicted octanol–water partition coefficient (Wildman–Crippen LogP) is -5.55. The maximum Gasteiger partial charge on any atom is 0.189 e. The highest BCUT2D eigenvalue weighted by Gasteiger charge is 2.46. The van der Waals surface area contributed by atoms with Crippen molar-refractivity contribution in [3.8, 4) is 0 Å². The average Bonchev–Trinajstić information content (AvgIpc) is 2.57. The van der Waals surface area contributed by atoms with Crippen molar-refractivity contribution in [2.75, 3.05) is 19.8 Å². The van der Waals surface area contributed by atoms with E-state index in [4.69, 9.17) is 24.8 Å². The van der Waals surface area contributed by atoms with Crippen LogP contribution in [0.2, 0.25) is 0 Å². The van der Waals surface area contributed by atoms with Crippen LogP contribution in [0.1, 0.15) is 0 Å². The molecule has 0 aromatic rings. The van der Waals surface area contributed by atoms with Gasteiger partial charge in [0.2, 0.25) is 0 Å². The molecule has 0 amide bonds. The third-order valence-electron chi connectivity index (χ3n) is 3.50. The molecule has 1 heterocycles. The van der Waals surface area contributed by atoms with Crippen LogP contribution in [0.25, 0.3) is 0 Å². The summed E-state index contributed by atoms with van der Waals surface area (Å²) in [7, 11) is 0. The maximum atomic E-state index is 11.3. The molecule has 1 aliphatic rings. The van der Waals surface area contributed by atoms with Gasteiger partial charge in [-0.15, -0.1) is 0 Å². The molecule has 0 unspecified atom stereocenters. The van der Waals surface area contributed by atoms with Crippen molar-refractivity contribution in [3.05, 3.63) is 0 Å². The summed E-state index contributed by atoms with van der Waals surface area (Å²) in [5.74, 6) is -1.12. The van der Waals surface area contributed by atoms with E-state index < -0.39 is 74.6 Å². The molecule has 23 heavy (non-hydrogen) atoms. The quantitative estimate of drug-likeness (QED) is 0.209. The minimum Gasteiger partial charge on any atom is -0.394 e. The first-order valence-corrected chi connectivity index (χ1v) is 6.85. The fourth-order valence-corrected chi connectivity index (χ4v) is 2.09. The Kier molecular flexibility index (Phi) is 7.89. The summed E-state index contributed by atoms with van der Waals surface area (Å²) in [5, 5.41) is 75.1. The number of carbonyl (C=O) groups is 1. The van der Waals surface area contributed by atoms with Gasteiger partial charge >= 0.3 is 0 Å². The van der Waals surface area contributed by atoms with Crippen LogP contribution in [-0.4, -0.2) is 115 Å². The van der Waals surface area contributed by atoms with Crippen LogP contribution < -0.4 is 0 Å². The van der Waals surface area contributed by atoms with Gasteiger partial charge in [-0.25, -0.2) is 0 Å². The molecule has 0 saturated carbocycles. The Morgan fingerprint density at radius 1 is 1.04 bits per heavy atom. The van der Waals surface area contributed by atoms with E-state index in [0.29, 0.717) is 0 Å². The van der Waals surface area contributed by atoms with Crippen molar-refractivity contribution in [2.45, 2.75) is 49.0 Å². The molecule has 0 aliphatic carbocycles. The number of ether oxygens (including phenoxy) is 2. The molecule has 1 fully saturated rings. The highest BCUT2D eigenvalue weighted by atomic mass is 16.7. The van der Waals surface area contributed by atoms with Gasteiger partial charge in [0.05, 0.1) is 13.2 Å². The Balaban J connectivity index is 2.91. The number of ketones is 1. The van der Waals surface area contributed by atoms with Gasteiger partial charge in [0.1, 0.15) is 49.3 Å². The van der Waals surface area contributed by atoms with Gasteiger partial charge in [0.15, 0.2) is 12.1 Å². The molecular formula is C12H22O11. The topological polar surface area (TPSA) is 197 Å². The number of rotatable bonds is 8. The highest BCUT2D eigenvalue weighted by Crippen LogP contribution is 2.24. The SMILES string of the molecule is O=C(CO)[C@H](O)[C@@H](O[C@H]1O[C@@H](CO)[C@H](O)[C@@H](O)[C@@H]1O)[C@@H](O)CO. The van der Waals surface area contributed by atoms with Gasteiger partial charge in [-0.05, 0) is 0 Å². The number of aliphatic hydroxyl groups is 8. The van der Waals surface area contributed by atoms with Gasteiger partial charge in [0, 0.05) is 0 Å². The zero-order chi connectivity index (χ0) is 17.7. The first-order valence-electron chi connectivity index (χ1n) is 6.85. The molecule has 1 rings (SSSR count). The van der Waals surface area contributed by atoms with Crippen LogP contribution >= 0.6 is 0 Å². The van der Waals surface area contributed by atoms with Crippen molar-refractivity contribution in [2.24, 2.45) is 0 Å². The van der Waals surface area contributed by atoms with Crippen LogP contribution in [0.4, 0.5) is 0 Å². The molecule has 0 radical (unpaired) electrons. The van der Waals surface area contributed by atoms with Gasteiger partial charge in [-0.3, -0.25) is 4.79 Å². The number of hydrogen-bond acceptors (Lipinski definition) is 11. The van der Waals surface area contributed by atoms with E-state index in [-0.39, 0.29) is 0 Å². The molecule has 8 N–H and O–H groups in total. The van der Waals surface area contributed by atoms with Crippen LogP contribution in [-0.2, 0) is 14.3 Å². The van der Waals surface area contributed by atoms with Crippen LogP contribution in [0.3, 0.4) is 0 Å². The second kappa shape index (κ2) is 8.94. The number of hydrogen-bond donors (Lipinski definition) is 8. The summed E-state index contributed by atoms with van der Waals surface area (Å²) < 4.78 is 10.1. The lowest BCUT2D eigenvalue weighted by Crippen LogP contribution is -2.61. The molecule has 0 aromatic heterocycles. The van der Waals surface area contributed by atoms with Crippen molar-refractivity contribution in [3.63, 3.8) is 0 Å². The second-order valence-corrected chi connectivity index (χ2v) is 5.12. The zero-order valence-electron chi connectivity index (χ0n) is 12.0. The number of aliphatic hydroxyl groups excluding tert-OH is 8. The van der Waals surface area contributed by atoms with E-state index in [0.717, 1.165) is 0 Å². The van der Waals surface area contributed by atoms with Crippen LogP contribution in [0.5, 0.6) is 0 Å².